The van der Waals surface area contributed by atoms with Gasteiger partial charge in [-0.2, -0.15) is 0 Å². The number of ether oxygens (including phenoxy) is 1. The lowest BCUT2D eigenvalue weighted by molar-refractivity contribution is -0.130. The zero-order valence-electron chi connectivity index (χ0n) is 11.3. The smallest absolute Gasteiger partial charge is 0.229 e. The van der Waals surface area contributed by atoms with Crippen molar-refractivity contribution in [2.24, 2.45) is 11.1 Å². The van der Waals surface area contributed by atoms with Gasteiger partial charge in [-0.15, -0.1) is 0 Å². The molecule has 19 heavy (non-hydrogen) atoms. The van der Waals surface area contributed by atoms with Crippen molar-refractivity contribution in [3.63, 3.8) is 0 Å². The largest absolute Gasteiger partial charge is 0.379 e. The van der Waals surface area contributed by atoms with E-state index in [0.717, 1.165) is 19.4 Å². The van der Waals surface area contributed by atoms with Gasteiger partial charge in [0.25, 0.3) is 0 Å². The topological polar surface area (TPSA) is 82.2 Å². The zero-order chi connectivity index (χ0) is 13.7. The number of hydrogen-bond donors (Lipinski definition) is 2. The van der Waals surface area contributed by atoms with Crippen molar-refractivity contribution in [1.29, 1.82) is 0 Å². The van der Waals surface area contributed by atoms with Crippen LogP contribution in [0.4, 0.5) is 0 Å². The number of hydrogen-bond acceptors (Lipinski definition) is 4. The maximum atomic E-state index is 12.1. The van der Waals surface area contributed by atoms with Crippen LogP contribution in [0.2, 0.25) is 0 Å². The van der Waals surface area contributed by atoms with Gasteiger partial charge in [-0.3, -0.25) is 4.79 Å². The minimum Gasteiger partial charge on any atom is -0.379 e. The first-order valence-corrected chi connectivity index (χ1v) is 6.70. The van der Waals surface area contributed by atoms with Crippen molar-refractivity contribution < 1.29 is 9.53 Å². The van der Waals surface area contributed by atoms with Crippen molar-refractivity contribution >= 4 is 5.91 Å². The number of nitrogens with two attached hydrogens (primary N) is 1. The van der Waals surface area contributed by atoms with E-state index in [9.17, 15) is 4.79 Å². The Morgan fingerprint density at radius 2 is 2.47 bits per heavy atom. The molecule has 2 atom stereocenters. The normalized spacial score (nSPS) is 26.5. The molecule has 106 valence electrons. The van der Waals surface area contributed by atoms with Gasteiger partial charge in [0.2, 0.25) is 5.91 Å². The summed E-state index contributed by atoms with van der Waals surface area (Å²) in [7, 11) is 0. The SMILES string of the molecule is CC1(C(=O)NCCCCn2ccnc2)COCC1N. The molecular formula is C13H22N4O2. The van der Waals surface area contributed by atoms with Crippen LogP contribution < -0.4 is 11.1 Å². The number of aryl methyl sites for hydroxylation is 1. The van der Waals surface area contributed by atoms with Gasteiger partial charge >= 0.3 is 0 Å². The first-order valence-electron chi connectivity index (χ1n) is 6.70. The summed E-state index contributed by atoms with van der Waals surface area (Å²) in [6.07, 6.45) is 7.46. The maximum Gasteiger partial charge on any atom is 0.229 e. The Labute approximate surface area is 113 Å². The van der Waals surface area contributed by atoms with E-state index in [1.807, 2.05) is 17.7 Å². The second-order valence-electron chi connectivity index (χ2n) is 5.30. The molecule has 1 aromatic heterocycles. The van der Waals surface area contributed by atoms with Gasteiger partial charge in [-0.05, 0) is 19.8 Å². The minimum absolute atomic E-state index is 0.000121. The fourth-order valence-electron chi connectivity index (χ4n) is 2.17. The summed E-state index contributed by atoms with van der Waals surface area (Å²) in [5, 5.41) is 2.95. The number of nitrogens with zero attached hydrogens (tertiary/aromatic N) is 2. The molecule has 0 saturated carbocycles. The summed E-state index contributed by atoms with van der Waals surface area (Å²) in [4.78, 5) is 16.1. The first-order chi connectivity index (χ1) is 9.13. The van der Waals surface area contributed by atoms with E-state index >= 15 is 0 Å². The van der Waals surface area contributed by atoms with Gasteiger partial charge in [0.1, 0.15) is 0 Å². The highest BCUT2D eigenvalue weighted by molar-refractivity contribution is 5.83. The van der Waals surface area contributed by atoms with Gasteiger partial charge < -0.3 is 20.4 Å². The molecule has 1 saturated heterocycles. The molecule has 1 aliphatic rings. The molecule has 0 bridgehead atoms. The van der Waals surface area contributed by atoms with Gasteiger partial charge in [0.15, 0.2) is 0 Å². The summed E-state index contributed by atoms with van der Waals surface area (Å²) in [6.45, 7) is 4.34. The van der Waals surface area contributed by atoms with E-state index in [1.165, 1.54) is 0 Å². The summed E-state index contributed by atoms with van der Waals surface area (Å²) in [5.74, 6) is 0.000121. The molecule has 1 fully saturated rings. The predicted molar refractivity (Wildman–Crippen MR) is 71.4 cm³/mol. The highest BCUT2D eigenvalue weighted by atomic mass is 16.5. The van der Waals surface area contributed by atoms with Crippen LogP contribution in [0, 0.1) is 5.41 Å². The number of imidazole rings is 1. The number of unbranched alkanes of at least 4 members (excludes halogenated alkanes) is 1. The molecule has 2 unspecified atom stereocenters. The van der Waals surface area contributed by atoms with Crippen LogP contribution in [0.3, 0.4) is 0 Å². The summed E-state index contributed by atoms with van der Waals surface area (Å²) in [6, 6.07) is -0.210. The second-order valence-corrected chi connectivity index (χ2v) is 5.30. The number of carbonyl (C=O) groups excluding carboxylic acids is 1. The molecule has 2 rings (SSSR count). The molecule has 0 spiro atoms. The molecule has 1 amide bonds. The molecule has 2 heterocycles. The zero-order valence-corrected chi connectivity index (χ0v) is 11.3. The van der Waals surface area contributed by atoms with Gasteiger partial charge in [-0.1, -0.05) is 0 Å². The Balaban J connectivity index is 1.64. The van der Waals surface area contributed by atoms with Gasteiger partial charge in [0.05, 0.1) is 25.0 Å². The van der Waals surface area contributed by atoms with Crippen LogP contribution in [-0.2, 0) is 16.1 Å². The Hall–Kier alpha value is -1.40. The standard InChI is InChI=1S/C13H22N4O2/c1-13(9-19-8-11(13)14)12(18)16-4-2-3-6-17-7-5-15-10-17/h5,7,10-11H,2-4,6,8-9,14H2,1H3,(H,16,18). The highest BCUT2D eigenvalue weighted by Crippen LogP contribution is 2.26. The van der Waals surface area contributed by atoms with Crippen LogP contribution in [0.1, 0.15) is 19.8 Å². The van der Waals surface area contributed by atoms with E-state index < -0.39 is 5.41 Å². The van der Waals surface area contributed by atoms with Crippen molar-refractivity contribution in [1.82, 2.24) is 14.9 Å². The quantitative estimate of drug-likeness (QED) is 0.718. The van der Waals surface area contributed by atoms with Crippen LogP contribution in [0.5, 0.6) is 0 Å². The third-order valence-corrected chi connectivity index (χ3v) is 3.72. The molecule has 1 aromatic rings. The Bertz CT molecular complexity index is 407. The Morgan fingerprint density at radius 1 is 1.63 bits per heavy atom. The van der Waals surface area contributed by atoms with Crippen molar-refractivity contribution in [2.75, 3.05) is 19.8 Å². The molecule has 3 N–H and O–H groups in total. The number of rotatable bonds is 6. The lowest BCUT2D eigenvalue weighted by Gasteiger charge is -2.25. The van der Waals surface area contributed by atoms with E-state index in [-0.39, 0.29) is 11.9 Å². The fourth-order valence-corrected chi connectivity index (χ4v) is 2.17. The van der Waals surface area contributed by atoms with Gasteiger partial charge in [-0.25, -0.2) is 4.98 Å². The number of amides is 1. The number of nitrogens with one attached hydrogen (secondary N) is 1. The Kier molecular flexibility index (Phi) is 4.55. The Morgan fingerprint density at radius 3 is 3.11 bits per heavy atom. The molecule has 0 aliphatic carbocycles. The molecule has 0 aromatic carbocycles. The number of carbonyl (C=O) groups is 1. The summed E-state index contributed by atoms with van der Waals surface area (Å²) >= 11 is 0. The predicted octanol–water partition coefficient (Wildman–Crippen LogP) is 0.143. The minimum atomic E-state index is -0.579. The van der Waals surface area contributed by atoms with Crippen LogP contribution in [-0.4, -0.2) is 41.3 Å². The van der Waals surface area contributed by atoms with Crippen LogP contribution in [0.25, 0.3) is 0 Å². The lowest BCUT2D eigenvalue weighted by Crippen LogP contribution is -2.50. The van der Waals surface area contributed by atoms with E-state index in [4.69, 9.17) is 10.5 Å². The van der Waals surface area contributed by atoms with Crippen LogP contribution >= 0.6 is 0 Å². The lowest BCUT2D eigenvalue weighted by atomic mass is 9.85. The average Bonchev–Trinajstić information content (AvgIpc) is 3.01. The maximum absolute atomic E-state index is 12.1. The van der Waals surface area contributed by atoms with E-state index in [2.05, 4.69) is 10.3 Å². The van der Waals surface area contributed by atoms with Crippen molar-refractivity contribution in [3.8, 4) is 0 Å². The second kappa shape index (κ2) is 6.16. The summed E-state index contributed by atoms with van der Waals surface area (Å²) in [5.41, 5.74) is 5.33. The van der Waals surface area contributed by atoms with Crippen molar-refractivity contribution in [3.05, 3.63) is 18.7 Å². The molecular weight excluding hydrogens is 244 g/mol. The summed E-state index contributed by atoms with van der Waals surface area (Å²) < 4.78 is 7.31. The average molecular weight is 266 g/mol. The monoisotopic (exact) mass is 266 g/mol. The highest BCUT2D eigenvalue weighted by Gasteiger charge is 2.44. The molecule has 1 aliphatic heterocycles. The van der Waals surface area contributed by atoms with Crippen molar-refractivity contribution in [2.45, 2.75) is 32.4 Å². The number of aromatic nitrogens is 2. The fraction of sp³-hybridized carbons (Fsp3) is 0.692. The van der Waals surface area contributed by atoms with Gasteiger partial charge in [0, 0.05) is 31.5 Å². The first kappa shape index (κ1) is 14.0. The third kappa shape index (κ3) is 3.33. The van der Waals surface area contributed by atoms with E-state index in [0.29, 0.717) is 19.8 Å². The molecule has 6 heteroatoms. The van der Waals surface area contributed by atoms with E-state index in [1.54, 1.807) is 12.5 Å². The molecule has 6 nitrogen and oxygen atoms in total. The van der Waals surface area contributed by atoms with Crippen LogP contribution in [0.15, 0.2) is 18.7 Å². The third-order valence-electron chi connectivity index (χ3n) is 3.72. The molecule has 0 radical (unpaired) electrons.